The van der Waals surface area contributed by atoms with Crippen molar-refractivity contribution >= 4 is 0 Å². The molecule has 0 aliphatic carbocycles. The molecule has 0 aromatic rings. The summed E-state index contributed by atoms with van der Waals surface area (Å²) in [4.78, 5) is 0. The Hall–Kier alpha value is -0.120. The van der Waals surface area contributed by atoms with Crippen LogP contribution in [0.15, 0.2) is 0 Å². The topological polar surface area (TPSA) is 52.3 Å². The van der Waals surface area contributed by atoms with E-state index in [-0.39, 0.29) is 17.1 Å². The second kappa shape index (κ2) is 2.69. The zero-order valence-corrected chi connectivity index (χ0v) is 8.42. The van der Waals surface area contributed by atoms with Crippen LogP contribution < -0.4 is 5.73 Å². The van der Waals surface area contributed by atoms with Crippen LogP contribution in [0.25, 0.3) is 0 Å². The van der Waals surface area contributed by atoms with E-state index in [1.54, 1.807) is 0 Å². The summed E-state index contributed by atoms with van der Waals surface area (Å²) in [5, 5.41) is 13.0. The Morgan fingerprint density at radius 3 is 1.83 bits per heavy atom. The summed E-state index contributed by atoms with van der Waals surface area (Å²) in [7, 11) is 0. The Morgan fingerprint density at radius 2 is 1.50 bits per heavy atom. The van der Waals surface area contributed by atoms with Gasteiger partial charge in [-0.15, -0.1) is 0 Å². The van der Waals surface area contributed by atoms with Crippen LogP contribution in [0.1, 0.15) is 40.5 Å². The highest BCUT2D eigenvalue weighted by atomic mass is 16.5. The van der Waals surface area contributed by atoms with E-state index in [4.69, 9.17) is 5.73 Å². The summed E-state index contributed by atoms with van der Waals surface area (Å²) in [5.41, 5.74) is 5.27. The first-order valence-corrected chi connectivity index (χ1v) is 4.49. The lowest BCUT2D eigenvalue weighted by atomic mass is 9.79. The van der Waals surface area contributed by atoms with Gasteiger partial charge in [-0.25, -0.2) is 0 Å². The van der Waals surface area contributed by atoms with E-state index < -0.39 is 0 Å². The molecule has 1 aliphatic heterocycles. The van der Waals surface area contributed by atoms with Crippen molar-refractivity contribution in [2.24, 2.45) is 5.73 Å². The van der Waals surface area contributed by atoms with E-state index in [9.17, 15) is 5.21 Å². The van der Waals surface area contributed by atoms with Crippen molar-refractivity contribution in [1.82, 2.24) is 5.06 Å². The van der Waals surface area contributed by atoms with Gasteiger partial charge in [-0.05, 0) is 40.5 Å². The van der Waals surface area contributed by atoms with Crippen LogP contribution in [0, 0.1) is 5.21 Å². The monoisotopic (exact) mass is 171 g/mol. The Morgan fingerprint density at radius 1 is 1.17 bits per heavy atom. The van der Waals surface area contributed by atoms with Crippen molar-refractivity contribution in [3.63, 3.8) is 0 Å². The number of nitrogens with zero attached hydrogens (tertiary/aromatic N) is 1. The van der Waals surface area contributed by atoms with E-state index in [0.29, 0.717) is 0 Å². The fourth-order valence-corrected chi connectivity index (χ4v) is 2.34. The molecular weight excluding hydrogens is 152 g/mol. The molecule has 0 unspecified atom stereocenters. The first-order chi connectivity index (χ1) is 5.26. The molecule has 0 amide bonds. The van der Waals surface area contributed by atoms with Crippen LogP contribution in [0.4, 0.5) is 0 Å². The summed E-state index contributed by atoms with van der Waals surface area (Å²) < 4.78 is 0. The molecule has 0 atom stereocenters. The van der Waals surface area contributed by atoms with Gasteiger partial charge in [0, 0.05) is 17.1 Å². The highest BCUT2D eigenvalue weighted by Gasteiger charge is 2.38. The molecule has 0 aromatic heterocycles. The van der Waals surface area contributed by atoms with Crippen LogP contribution in [-0.2, 0) is 0 Å². The molecule has 2 N–H and O–H groups in total. The van der Waals surface area contributed by atoms with Gasteiger partial charge >= 0.3 is 0 Å². The molecule has 3 heteroatoms. The SMILES string of the molecule is CC1(C)CC(N)CC(C)(C)N1[O-]. The van der Waals surface area contributed by atoms with Gasteiger partial charge in [0.1, 0.15) is 0 Å². The molecule has 1 fully saturated rings. The smallest absolute Gasteiger partial charge is 0.00730 e. The highest BCUT2D eigenvalue weighted by Crippen LogP contribution is 2.36. The maximum atomic E-state index is 11.8. The lowest BCUT2D eigenvalue weighted by Gasteiger charge is -2.59. The molecular formula is C9H19N2O-. The maximum Gasteiger partial charge on any atom is 0.00730 e. The van der Waals surface area contributed by atoms with E-state index in [1.165, 1.54) is 5.06 Å². The maximum absolute atomic E-state index is 11.8. The number of hydrogen-bond acceptors (Lipinski definition) is 3. The summed E-state index contributed by atoms with van der Waals surface area (Å²) in [5.74, 6) is 0. The summed E-state index contributed by atoms with van der Waals surface area (Å²) in [6.45, 7) is 7.84. The predicted octanol–water partition coefficient (Wildman–Crippen LogP) is 1.46. The Bertz CT molecular complexity index is 159. The zero-order chi connectivity index (χ0) is 9.57. The molecule has 3 nitrogen and oxygen atoms in total. The van der Waals surface area contributed by atoms with Gasteiger partial charge in [0.05, 0.1) is 0 Å². The molecule has 72 valence electrons. The van der Waals surface area contributed by atoms with Crippen LogP contribution in [0.3, 0.4) is 0 Å². The third kappa shape index (κ3) is 1.63. The lowest BCUT2D eigenvalue weighted by molar-refractivity contribution is 0.00935. The molecule has 0 aromatic carbocycles. The Balaban J connectivity index is 2.84. The molecule has 1 rings (SSSR count). The highest BCUT2D eigenvalue weighted by molar-refractivity contribution is 5.01. The number of rotatable bonds is 0. The minimum absolute atomic E-state index is 0.167. The standard InChI is InChI=1S/C9H19N2O/c1-8(2)5-7(10)6-9(3,4)11(8)12/h7H,5-6,10H2,1-4H3/q-1. The van der Waals surface area contributed by atoms with Crippen LogP contribution in [0.5, 0.6) is 0 Å². The molecule has 0 saturated carbocycles. The molecule has 0 radical (unpaired) electrons. The third-order valence-corrected chi connectivity index (χ3v) is 2.62. The van der Waals surface area contributed by atoms with E-state index in [2.05, 4.69) is 0 Å². The average molecular weight is 171 g/mol. The predicted molar refractivity (Wildman–Crippen MR) is 50.6 cm³/mol. The normalized spacial score (nSPS) is 30.5. The van der Waals surface area contributed by atoms with E-state index in [0.717, 1.165) is 12.8 Å². The quantitative estimate of drug-likeness (QED) is 0.600. The largest absolute Gasteiger partial charge is 0.784 e. The Labute approximate surface area is 74.5 Å². The van der Waals surface area contributed by atoms with Gasteiger partial charge in [-0.3, -0.25) is 0 Å². The first-order valence-electron chi connectivity index (χ1n) is 4.49. The van der Waals surface area contributed by atoms with Crippen molar-refractivity contribution in [3.8, 4) is 0 Å². The van der Waals surface area contributed by atoms with Crippen LogP contribution in [0.2, 0.25) is 0 Å². The van der Waals surface area contributed by atoms with Crippen molar-refractivity contribution in [1.29, 1.82) is 0 Å². The van der Waals surface area contributed by atoms with Gasteiger partial charge in [-0.1, -0.05) is 0 Å². The van der Waals surface area contributed by atoms with Gasteiger partial charge in [-0.2, -0.15) is 0 Å². The van der Waals surface area contributed by atoms with E-state index >= 15 is 0 Å². The summed E-state index contributed by atoms with van der Waals surface area (Å²) in [6.07, 6.45) is 1.58. The van der Waals surface area contributed by atoms with E-state index in [1.807, 2.05) is 27.7 Å². The first kappa shape index (κ1) is 9.96. The average Bonchev–Trinajstić information content (AvgIpc) is 1.80. The number of hydrogen-bond donors (Lipinski definition) is 1. The fraction of sp³-hybridized carbons (Fsp3) is 1.00. The number of nitrogens with two attached hydrogens (primary N) is 1. The minimum atomic E-state index is -0.304. The second-order valence-electron chi connectivity index (χ2n) is 5.09. The third-order valence-electron chi connectivity index (χ3n) is 2.62. The summed E-state index contributed by atoms with van der Waals surface area (Å²) in [6, 6.07) is 0.167. The van der Waals surface area contributed by atoms with Gasteiger partial charge in [0.2, 0.25) is 0 Å². The molecule has 12 heavy (non-hydrogen) atoms. The second-order valence-corrected chi connectivity index (χ2v) is 5.09. The number of piperidine rings is 1. The van der Waals surface area contributed by atoms with Gasteiger partial charge in [0.25, 0.3) is 0 Å². The van der Waals surface area contributed by atoms with Crippen molar-refractivity contribution in [2.75, 3.05) is 0 Å². The van der Waals surface area contributed by atoms with Crippen molar-refractivity contribution < 1.29 is 0 Å². The van der Waals surface area contributed by atoms with Crippen molar-refractivity contribution in [3.05, 3.63) is 5.21 Å². The number of hydroxylamine groups is 2. The lowest BCUT2D eigenvalue weighted by Crippen LogP contribution is -2.60. The van der Waals surface area contributed by atoms with Gasteiger partial charge in [0.15, 0.2) is 0 Å². The molecule has 0 bridgehead atoms. The molecule has 1 aliphatic rings. The van der Waals surface area contributed by atoms with Crippen LogP contribution >= 0.6 is 0 Å². The zero-order valence-electron chi connectivity index (χ0n) is 8.42. The Kier molecular flexibility index (Phi) is 2.23. The molecule has 1 saturated heterocycles. The van der Waals surface area contributed by atoms with Crippen LogP contribution in [-0.4, -0.2) is 22.2 Å². The molecule has 1 heterocycles. The fourth-order valence-electron chi connectivity index (χ4n) is 2.34. The van der Waals surface area contributed by atoms with Gasteiger partial charge < -0.3 is 16.0 Å². The summed E-state index contributed by atoms with van der Waals surface area (Å²) >= 11 is 0. The minimum Gasteiger partial charge on any atom is -0.784 e. The molecule has 0 spiro atoms. The van der Waals surface area contributed by atoms with Crippen molar-refractivity contribution in [2.45, 2.75) is 57.7 Å².